The fourth-order valence-corrected chi connectivity index (χ4v) is 3.24. The third-order valence-electron chi connectivity index (χ3n) is 4.24. The molecule has 0 saturated carbocycles. The van der Waals surface area contributed by atoms with Crippen LogP contribution in [0.4, 0.5) is 5.69 Å². The number of nitrogens with zero attached hydrogens (tertiary/aromatic N) is 2. The molecule has 4 heteroatoms. The maximum Gasteiger partial charge on any atom is 0.0642 e. The second-order valence-electron chi connectivity index (χ2n) is 6.17. The molecule has 1 aromatic rings. The smallest absolute Gasteiger partial charge is 0.0642 e. The number of rotatable bonds is 6. The van der Waals surface area contributed by atoms with E-state index >= 15 is 0 Å². The van der Waals surface area contributed by atoms with Crippen molar-refractivity contribution in [3.63, 3.8) is 0 Å². The van der Waals surface area contributed by atoms with Gasteiger partial charge in [0.15, 0.2) is 0 Å². The molecule has 118 valence electrons. The fraction of sp³-hybridized carbons (Fsp3) is 0.647. The first kappa shape index (κ1) is 16.6. The van der Waals surface area contributed by atoms with E-state index in [4.69, 9.17) is 11.6 Å². The van der Waals surface area contributed by atoms with Gasteiger partial charge in [-0.05, 0) is 57.6 Å². The van der Waals surface area contributed by atoms with Gasteiger partial charge in [0.2, 0.25) is 0 Å². The number of nitrogens with one attached hydrogen (secondary N) is 1. The van der Waals surface area contributed by atoms with Gasteiger partial charge in [-0.25, -0.2) is 0 Å². The first-order valence-corrected chi connectivity index (χ1v) is 8.40. The Morgan fingerprint density at radius 2 is 2.19 bits per heavy atom. The Kier molecular flexibility index (Phi) is 6.34. The summed E-state index contributed by atoms with van der Waals surface area (Å²) < 4.78 is 0. The highest BCUT2D eigenvalue weighted by atomic mass is 35.5. The van der Waals surface area contributed by atoms with Crippen LogP contribution in [0, 0.1) is 0 Å². The molecule has 1 unspecified atom stereocenters. The summed E-state index contributed by atoms with van der Waals surface area (Å²) in [6.07, 6.45) is 3.67. The van der Waals surface area contributed by atoms with E-state index in [9.17, 15) is 0 Å². The SMILES string of the molecule is CCCNCc1ccc(N2CCCC(N(C)C)C2)c(Cl)c1. The Labute approximate surface area is 134 Å². The van der Waals surface area contributed by atoms with Crippen molar-refractivity contribution in [2.24, 2.45) is 0 Å². The molecular weight excluding hydrogens is 282 g/mol. The summed E-state index contributed by atoms with van der Waals surface area (Å²) in [7, 11) is 4.33. The lowest BCUT2D eigenvalue weighted by Gasteiger charge is -2.38. The van der Waals surface area contributed by atoms with Crippen LogP contribution in [0.5, 0.6) is 0 Å². The second-order valence-corrected chi connectivity index (χ2v) is 6.58. The van der Waals surface area contributed by atoms with Gasteiger partial charge in [-0.1, -0.05) is 24.6 Å². The zero-order valence-electron chi connectivity index (χ0n) is 13.5. The first-order valence-electron chi connectivity index (χ1n) is 8.02. The minimum atomic E-state index is 0.626. The minimum absolute atomic E-state index is 0.626. The van der Waals surface area contributed by atoms with E-state index in [1.807, 2.05) is 0 Å². The molecule has 1 N–H and O–H groups in total. The third kappa shape index (κ3) is 4.60. The molecule has 1 aliphatic rings. The van der Waals surface area contributed by atoms with Gasteiger partial charge in [0.25, 0.3) is 0 Å². The third-order valence-corrected chi connectivity index (χ3v) is 4.54. The molecule has 21 heavy (non-hydrogen) atoms. The van der Waals surface area contributed by atoms with Crippen molar-refractivity contribution in [1.29, 1.82) is 0 Å². The predicted octanol–water partition coefficient (Wildman–Crippen LogP) is 3.37. The largest absolute Gasteiger partial charge is 0.369 e. The molecule has 0 aromatic heterocycles. The van der Waals surface area contributed by atoms with Crippen molar-refractivity contribution in [2.45, 2.75) is 38.8 Å². The van der Waals surface area contributed by atoms with Crippen LogP contribution in [0.3, 0.4) is 0 Å². The number of anilines is 1. The van der Waals surface area contributed by atoms with Gasteiger partial charge in [0, 0.05) is 25.7 Å². The predicted molar refractivity (Wildman–Crippen MR) is 92.4 cm³/mol. The quantitative estimate of drug-likeness (QED) is 0.813. The zero-order valence-corrected chi connectivity index (χ0v) is 14.3. The van der Waals surface area contributed by atoms with Gasteiger partial charge >= 0.3 is 0 Å². The average Bonchev–Trinajstić information content (AvgIpc) is 2.48. The molecule has 1 atom stereocenters. The van der Waals surface area contributed by atoms with Crippen molar-refractivity contribution in [2.75, 3.05) is 38.6 Å². The normalized spacial score (nSPS) is 19.3. The highest BCUT2D eigenvalue weighted by Crippen LogP contribution is 2.30. The van der Waals surface area contributed by atoms with E-state index in [1.165, 1.54) is 24.1 Å². The summed E-state index contributed by atoms with van der Waals surface area (Å²) in [4.78, 5) is 4.75. The Balaban J connectivity index is 2.02. The maximum absolute atomic E-state index is 6.52. The number of likely N-dealkylation sites (N-methyl/N-ethyl adjacent to an activating group) is 1. The van der Waals surface area contributed by atoms with Crippen LogP contribution in [0.15, 0.2) is 18.2 Å². The Morgan fingerprint density at radius 3 is 2.86 bits per heavy atom. The molecule has 1 aromatic carbocycles. The molecule has 0 aliphatic carbocycles. The highest BCUT2D eigenvalue weighted by Gasteiger charge is 2.22. The minimum Gasteiger partial charge on any atom is -0.369 e. The molecule has 2 rings (SSSR count). The number of piperidine rings is 1. The van der Waals surface area contributed by atoms with Crippen molar-refractivity contribution < 1.29 is 0 Å². The molecule has 0 amide bonds. The lowest BCUT2D eigenvalue weighted by molar-refractivity contribution is 0.258. The van der Waals surface area contributed by atoms with Crippen LogP contribution in [0.25, 0.3) is 0 Å². The molecule has 0 radical (unpaired) electrons. The molecular formula is C17H28ClN3. The van der Waals surface area contributed by atoms with Crippen LogP contribution in [-0.4, -0.2) is 44.7 Å². The highest BCUT2D eigenvalue weighted by molar-refractivity contribution is 6.33. The maximum atomic E-state index is 6.52. The van der Waals surface area contributed by atoms with Gasteiger partial charge < -0.3 is 15.1 Å². The fourth-order valence-electron chi connectivity index (χ4n) is 2.92. The molecule has 0 spiro atoms. The summed E-state index contributed by atoms with van der Waals surface area (Å²) in [6.45, 7) is 6.31. The van der Waals surface area contributed by atoms with Gasteiger partial charge in [0.1, 0.15) is 0 Å². The molecule has 1 saturated heterocycles. The number of hydrogen-bond donors (Lipinski definition) is 1. The number of benzene rings is 1. The van der Waals surface area contributed by atoms with Gasteiger partial charge in [-0.15, -0.1) is 0 Å². The lowest BCUT2D eigenvalue weighted by Crippen LogP contribution is -2.45. The second kappa shape index (κ2) is 8.02. The van der Waals surface area contributed by atoms with Crippen molar-refractivity contribution in [3.8, 4) is 0 Å². The standard InChI is InChI=1S/C17H28ClN3/c1-4-9-19-12-14-7-8-17(16(18)11-14)21-10-5-6-15(13-21)20(2)3/h7-8,11,15,19H,4-6,9-10,12-13H2,1-3H3. The summed E-state index contributed by atoms with van der Waals surface area (Å²) in [5.41, 5.74) is 2.45. The summed E-state index contributed by atoms with van der Waals surface area (Å²) in [5.74, 6) is 0. The van der Waals surface area contributed by atoms with Gasteiger partial charge in [-0.3, -0.25) is 0 Å². The first-order chi connectivity index (χ1) is 10.1. The lowest BCUT2D eigenvalue weighted by atomic mass is 10.0. The van der Waals surface area contributed by atoms with Crippen molar-refractivity contribution in [3.05, 3.63) is 28.8 Å². The van der Waals surface area contributed by atoms with Crippen molar-refractivity contribution >= 4 is 17.3 Å². The van der Waals surface area contributed by atoms with E-state index in [2.05, 4.69) is 54.3 Å². The van der Waals surface area contributed by atoms with Crippen LogP contribution < -0.4 is 10.2 Å². The summed E-state index contributed by atoms with van der Waals surface area (Å²) in [5, 5.41) is 4.30. The average molecular weight is 310 g/mol. The molecule has 0 bridgehead atoms. The van der Waals surface area contributed by atoms with Crippen LogP contribution in [0.2, 0.25) is 5.02 Å². The Hall–Kier alpha value is -0.770. The Morgan fingerprint density at radius 1 is 1.38 bits per heavy atom. The van der Waals surface area contributed by atoms with Gasteiger partial charge in [-0.2, -0.15) is 0 Å². The van der Waals surface area contributed by atoms with Crippen molar-refractivity contribution in [1.82, 2.24) is 10.2 Å². The van der Waals surface area contributed by atoms with Crippen LogP contribution in [0.1, 0.15) is 31.7 Å². The molecule has 3 nitrogen and oxygen atoms in total. The topological polar surface area (TPSA) is 18.5 Å². The summed E-state index contributed by atoms with van der Waals surface area (Å²) in [6, 6.07) is 7.12. The van der Waals surface area contributed by atoms with E-state index in [0.29, 0.717) is 6.04 Å². The monoisotopic (exact) mass is 309 g/mol. The summed E-state index contributed by atoms with van der Waals surface area (Å²) >= 11 is 6.52. The van der Waals surface area contributed by atoms with E-state index in [-0.39, 0.29) is 0 Å². The Bertz CT molecular complexity index is 448. The van der Waals surface area contributed by atoms with E-state index in [1.54, 1.807) is 0 Å². The molecule has 1 aliphatic heterocycles. The van der Waals surface area contributed by atoms with E-state index in [0.717, 1.165) is 37.6 Å². The molecule has 1 fully saturated rings. The van der Waals surface area contributed by atoms with Crippen LogP contribution in [-0.2, 0) is 6.54 Å². The number of hydrogen-bond acceptors (Lipinski definition) is 3. The molecule has 1 heterocycles. The van der Waals surface area contributed by atoms with Gasteiger partial charge in [0.05, 0.1) is 10.7 Å². The number of halogens is 1. The van der Waals surface area contributed by atoms with Crippen LogP contribution >= 0.6 is 11.6 Å². The zero-order chi connectivity index (χ0) is 15.2. The van der Waals surface area contributed by atoms with E-state index < -0.39 is 0 Å².